The van der Waals surface area contributed by atoms with E-state index in [0.29, 0.717) is 0 Å². The van der Waals surface area contributed by atoms with Crippen molar-refractivity contribution in [2.75, 3.05) is 27.4 Å². The van der Waals surface area contributed by atoms with Crippen LogP contribution in [0.4, 0.5) is 0 Å². The van der Waals surface area contributed by atoms with Gasteiger partial charge in [0.2, 0.25) is 0 Å². The minimum Gasteiger partial charge on any atom is -0.374 e. The Hall–Kier alpha value is -1.63. The van der Waals surface area contributed by atoms with Gasteiger partial charge in [-0.3, -0.25) is 0 Å². The molecular formula is C12H17N3O3Si. The molecule has 0 fully saturated rings. The monoisotopic (exact) mass is 279 g/mol. The maximum absolute atomic E-state index is 8.20. The third-order valence-electron chi connectivity index (χ3n) is 2.41. The molecule has 0 saturated heterocycles. The lowest BCUT2D eigenvalue weighted by Crippen LogP contribution is -2.42. The predicted molar refractivity (Wildman–Crippen MR) is 75.2 cm³/mol. The molecule has 0 amide bonds. The topological polar surface area (TPSA) is 76.5 Å². The molecule has 102 valence electrons. The van der Waals surface area contributed by atoms with E-state index in [2.05, 4.69) is 10.0 Å². The first-order valence-corrected chi connectivity index (χ1v) is 7.56. The summed E-state index contributed by atoms with van der Waals surface area (Å²) < 4.78 is 16.3. The summed E-state index contributed by atoms with van der Waals surface area (Å²) in [5, 5.41) is 3.40. The van der Waals surface area contributed by atoms with Crippen molar-refractivity contribution in [2.45, 2.75) is 0 Å². The van der Waals surface area contributed by atoms with E-state index in [1.807, 2.05) is 36.4 Å². The molecule has 19 heavy (non-hydrogen) atoms. The van der Waals surface area contributed by atoms with E-state index in [4.69, 9.17) is 18.8 Å². The summed E-state index contributed by atoms with van der Waals surface area (Å²) in [7, 11) is 0.241. The van der Waals surface area contributed by atoms with Gasteiger partial charge in [0.25, 0.3) is 0 Å². The van der Waals surface area contributed by atoms with Gasteiger partial charge in [-0.05, 0) is 16.8 Å². The fraction of sp³-hybridized carbons (Fsp3) is 0.333. The molecule has 0 N–H and O–H groups in total. The third kappa shape index (κ3) is 5.25. The molecule has 1 rings (SSSR count). The molecule has 0 atom stereocenters. The number of hydrogen-bond donors (Lipinski definition) is 0. The van der Waals surface area contributed by atoms with Crippen molar-refractivity contribution in [3.05, 3.63) is 52.0 Å². The van der Waals surface area contributed by atoms with Gasteiger partial charge in [-0.2, -0.15) is 0 Å². The lowest BCUT2D eigenvalue weighted by Gasteiger charge is -2.22. The number of benzene rings is 1. The van der Waals surface area contributed by atoms with E-state index in [1.165, 1.54) is 0 Å². The van der Waals surface area contributed by atoms with Crippen molar-refractivity contribution >= 4 is 14.9 Å². The van der Waals surface area contributed by atoms with E-state index >= 15 is 0 Å². The first kappa shape index (κ1) is 15.4. The summed E-state index contributed by atoms with van der Waals surface area (Å²) in [4.78, 5) is 2.66. The Kier molecular flexibility index (Phi) is 6.87. The molecule has 0 bridgehead atoms. The zero-order valence-corrected chi connectivity index (χ0v) is 12.0. The molecule has 0 heterocycles. The number of hydrogen-bond acceptors (Lipinski definition) is 4. The van der Waals surface area contributed by atoms with Gasteiger partial charge in [0, 0.05) is 32.3 Å². The maximum Gasteiger partial charge on any atom is 0.529 e. The van der Waals surface area contributed by atoms with Crippen LogP contribution in [0.3, 0.4) is 0 Å². The number of nitrogens with zero attached hydrogens (tertiary/aromatic N) is 3. The third-order valence-corrected chi connectivity index (χ3v) is 4.73. The molecular weight excluding hydrogens is 262 g/mol. The lowest BCUT2D eigenvalue weighted by atomic mass is 10.2. The van der Waals surface area contributed by atoms with Crippen molar-refractivity contribution in [3.8, 4) is 0 Å². The van der Waals surface area contributed by atoms with Gasteiger partial charge in [0.05, 0.1) is 0 Å². The summed E-state index contributed by atoms with van der Waals surface area (Å²) >= 11 is 0. The van der Waals surface area contributed by atoms with Crippen LogP contribution < -0.4 is 0 Å². The largest absolute Gasteiger partial charge is 0.529 e. The summed E-state index contributed by atoms with van der Waals surface area (Å²) in [5.41, 5.74) is 11.0. The average molecular weight is 279 g/mol. The summed E-state index contributed by atoms with van der Waals surface area (Å²) in [5.74, 6) is 0. The molecule has 0 aliphatic rings. The second kappa shape index (κ2) is 8.47. The van der Waals surface area contributed by atoms with Crippen LogP contribution in [0.5, 0.6) is 0 Å². The Morgan fingerprint density at radius 3 is 2.53 bits per heavy atom. The zero-order chi connectivity index (χ0) is 14.0. The Labute approximate surface area is 113 Å². The highest BCUT2D eigenvalue weighted by atomic mass is 28.4. The van der Waals surface area contributed by atoms with E-state index < -0.39 is 8.80 Å². The van der Waals surface area contributed by atoms with Crippen molar-refractivity contribution in [1.82, 2.24) is 0 Å². The van der Waals surface area contributed by atoms with Crippen LogP contribution >= 0.6 is 0 Å². The van der Waals surface area contributed by atoms with Gasteiger partial charge >= 0.3 is 8.80 Å². The van der Waals surface area contributed by atoms with Crippen LogP contribution in [0, 0.1) is 0 Å². The Balaban J connectivity index is 2.69. The highest BCUT2D eigenvalue weighted by Gasteiger charge is 2.35. The van der Waals surface area contributed by atoms with Crippen LogP contribution in [0.2, 0.25) is 0 Å². The molecule has 0 aliphatic heterocycles. The molecule has 0 aliphatic carbocycles. The summed E-state index contributed by atoms with van der Waals surface area (Å²) in [6.45, 7) is 0.508. The van der Waals surface area contributed by atoms with Gasteiger partial charge in [-0.1, -0.05) is 41.5 Å². The number of azide groups is 1. The van der Waals surface area contributed by atoms with Crippen LogP contribution in [-0.2, 0) is 13.3 Å². The highest BCUT2D eigenvalue weighted by molar-refractivity contribution is 6.66. The first-order valence-electron chi connectivity index (χ1n) is 5.76. The Morgan fingerprint density at radius 2 is 1.95 bits per heavy atom. The second-order valence-electron chi connectivity index (χ2n) is 3.56. The average Bonchev–Trinajstić information content (AvgIpc) is 2.48. The van der Waals surface area contributed by atoms with Crippen LogP contribution in [-0.4, -0.2) is 36.2 Å². The molecule has 6 nitrogen and oxygen atoms in total. The highest BCUT2D eigenvalue weighted by Crippen LogP contribution is 2.12. The first-order chi connectivity index (χ1) is 9.26. The molecule has 1 aromatic carbocycles. The van der Waals surface area contributed by atoms with E-state index in [9.17, 15) is 0 Å². The molecule has 1 aromatic rings. The standard InChI is InChI=1S/C12H17N3O3Si/c1-16-19(17-2,18-10-9-14-15-13)11-8-12-6-4-3-5-7-12/h3-8,11H,9-10H2,1-2H3. The minimum absolute atomic E-state index is 0.247. The van der Waals surface area contributed by atoms with Crippen molar-refractivity contribution in [2.24, 2.45) is 5.11 Å². The predicted octanol–water partition coefficient (Wildman–Crippen LogP) is 2.80. The SMILES string of the molecule is CO[Si](C=Cc1ccccc1)(OC)OCCN=[N+]=[N-]. The van der Waals surface area contributed by atoms with E-state index in [0.717, 1.165) is 5.56 Å². The molecule has 0 radical (unpaired) electrons. The van der Waals surface area contributed by atoms with Crippen molar-refractivity contribution in [3.63, 3.8) is 0 Å². The lowest BCUT2D eigenvalue weighted by molar-refractivity contribution is 0.115. The Bertz CT molecular complexity index is 443. The quantitative estimate of drug-likeness (QED) is 0.241. The fourth-order valence-electron chi connectivity index (χ4n) is 1.42. The zero-order valence-electron chi connectivity index (χ0n) is 11.0. The second-order valence-corrected chi connectivity index (χ2v) is 6.20. The van der Waals surface area contributed by atoms with Crippen molar-refractivity contribution < 1.29 is 13.3 Å². The molecule has 7 heteroatoms. The van der Waals surface area contributed by atoms with E-state index in [-0.39, 0.29) is 13.2 Å². The normalized spacial score (nSPS) is 11.5. The molecule has 0 saturated carbocycles. The van der Waals surface area contributed by atoms with Crippen LogP contribution in [0.1, 0.15) is 5.56 Å². The summed E-state index contributed by atoms with van der Waals surface area (Å²) in [6.07, 6.45) is 1.90. The van der Waals surface area contributed by atoms with E-state index in [1.54, 1.807) is 19.9 Å². The minimum atomic E-state index is -2.84. The Morgan fingerprint density at radius 1 is 1.26 bits per heavy atom. The van der Waals surface area contributed by atoms with Gasteiger partial charge < -0.3 is 13.3 Å². The smallest absolute Gasteiger partial charge is 0.374 e. The van der Waals surface area contributed by atoms with Gasteiger partial charge in [-0.15, -0.1) is 0 Å². The molecule has 0 unspecified atom stereocenters. The summed E-state index contributed by atoms with van der Waals surface area (Å²) in [6, 6.07) is 9.79. The van der Waals surface area contributed by atoms with Gasteiger partial charge in [0.15, 0.2) is 0 Å². The van der Waals surface area contributed by atoms with Gasteiger partial charge in [-0.25, -0.2) is 0 Å². The van der Waals surface area contributed by atoms with Crippen LogP contribution in [0.15, 0.2) is 41.1 Å². The number of rotatable bonds is 8. The maximum atomic E-state index is 8.20. The molecule has 0 spiro atoms. The van der Waals surface area contributed by atoms with Crippen LogP contribution in [0.25, 0.3) is 16.5 Å². The fourth-order valence-corrected chi connectivity index (χ4v) is 2.96. The van der Waals surface area contributed by atoms with Gasteiger partial charge in [0.1, 0.15) is 0 Å². The molecule has 0 aromatic heterocycles. The van der Waals surface area contributed by atoms with Crippen molar-refractivity contribution in [1.29, 1.82) is 0 Å².